The molecule has 0 spiro atoms. The fourth-order valence-electron chi connectivity index (χ4n) is 1.08. The first-order valence-corrected chi connectivity index (χ1v) is 5.26. The molecule has 0 atom stereocenters. The number of halogens is 1. The standard InChI is InChI=1S/C12H17ClO/c1-12(2,13)8-9-14-10-11-6-4-3-5-7-11/h3-7H,8-10H2,1-2H3. The lowest BCUT2D eigenvalue weighted by atomic mass is 10.1. The third-order valence-electron chi connectivity index (χ3n) is 1.95. The van der Waals surface area contributed by atoms with E-state index in [4.69, 9.17) is 16.3 Å². The van der Waals surface area contributed by atoms with E-state index in [1.54, 1.807) is 0 Å². The molecule has 0 N–H and O–H groups in total. The summed E-state index contributed by atoms with van der Waals surface area (Å²) in [6, 6.07) is 10.2. The van der Waals surface area contributed by atoms with Gasteiger partial charge in [0.05, 0.1) is 6.61 Å². The van der Waals surface area contributed by atoms with E-state index in [9.17, 15) is 0 Å². The Balaban J connectivity index is 2.17. The lowest BCUT2D eigenvalue weighted by Crippen LogP contribution is -2.13. The largest absolute Gasteiger partial charge is 0.377 e. The summed E-state index contributed by atoms with van der Waals surface area (Å²) in [5, 5.41) is 0. The SMILES string of the molecule is CC(C)(Cl)CCOCc1ccccc1. The molecule has 0 aliphatic heterocycles. The molecule has 0 aliphatic rings. The average Bonchev–Trinajstić information content (AvgIpc) is 2.13. The molecule has 1 aromatic carbocycles. The van der Waals surface area contributed by atoms with E-state index in [1.807, 2.05) is 32.0 Å². The molecule has 1 rings (SSSR count). The van der Waals surface area contributed by atoms with Crippen LogP contribution in [0.15, 0.2) is 30.3 Å². The summed E-state index contributed by atoms with van der Waals surface area (Å²) in [7, 11) is 0. The molecule has 14 heavy (non-hydrogen) atoms. The van der Waals surface area contributed by atoms with Gasteiger partial charge in [-0.3, -0.25) is 0 Å². The Morgan fingerprint density at radius 1 is 1.21 bits per heavy atom. The first-order valence-electron chi connectivity index (χ1n) is 4.88. The van der Waals surface area contributed by atoms with Crippen LogP contribution in [-0.2, 0) is 11.3 Å². The van der Waals surface area contributed by atoms with Gasteiger partial charge in [-0.2, -0.15) is 0 Å². The maximum absolute atomic E-state index is 6.03. The minimum atomic E-state index is -0.156. The van der Waals surface area contributed by atoms with E-state index in [0.717, 1.165) is 6.42 Å². The second-order valence-corrected chi connectivity index (χ2v) is 5.03. The summed E-state index contributed by atoms with van der Waals surface area (Å²) in [6.07, 6.45) is 0.876. The Hall–Kier alpha value is -0.530. The second kappa shape index (κ2) is 5.38. The van der Waals surface area contributed by atoms with Gasteiger partial charge in [0, 0.05) is 11.5 Å². The topological polar surface area (TPSA) is 9.23 Å². The van der Waals surface area contributed by atoms with Gasteiger partial charge in [-0.05, 0) is 25.8 Å². The van der Waals surface area contributed by atoms with Crippen molar-refractivity contribution in [2.75, 3.05) is 6.61 Å². The van der Waals surface area contributed by atoms with Crippen LogP contribution < -0.4 is 0 Å². The van der Waals surface area contributed by atoms with E-state index in [-0.39, 0.29) is 4.87 Å². The number of hydrogen-bond acceptors (Lipinski definition) is 1. The smallest absolute Gasteiger partial charge is 0.0716 e. The van der Waals surface area contributed by atoms with Crippen LogP contribution in [-0.4, -0.2) is 11.5 Å². The summed E-state index contributed by atoms with van der Waals surface area (Å²) in [4.78, 5) is -0.156. The summed E-state index contributed by atoms with van der Waals surface area (Å²) in [5.74, 6) is 0. The molecule has 1 nitrogen and oxygen atoms in total. The van der Waals surface area contributed by atoms with Crippen molar-refractivity contribution in [3.63, 3.8) is 0 Å². The molecule has 0 heterocycles. The van der Waals surface area contributed by atoms with Crippen molar-refractivity contribution in [2.24, 2.45) is 0 Å². The predicted molar refractivity (Wildman–Crippen MR) is 60.6 cm³/mol. The van der Waals surface area contributed by atoms with Crippen LogP contribution in [0.1, 0.15) is 25.8 Å². The molecule has 0 fully saturated rings. The Labute approximate surface area is 91.0 Å². The fraction of sp³-hybridized carbons (Fsp3) is 0.500. The number of alkyl halides is 1. The molecule has 0 saturated carbocycles. The van der Waals surface area contributed by atoms with Crippen LogP contribution >= 0.6 is 11.6 Å². The Morgan fingerprint density at radius 3 is 2.43 bits per heavy atom. The maximum Gasteiger partial charge on any atom is 0.0716 e. The van der Waals surface area contributed by atoms with Crippen LogP contribution in [0.25, 0.3) is 0 Å². The van der Waals surface area contributed by atoms with Crippen molar-refractivity contribution in [1.29, 1.82) is 0 Å². The summed E-state index contributed by atoms with van der Waals surface area (Å²) >= 11 is 6.03. The molecule has 0 unspecified atom stereocenters. The maximum atomic E-state index is 6.03. The lowest BCUT2D eigenvalue weighted by Gasteiger charge is -2.14. The van der Waals surface area contributed by atoms with Gasteiger partial charge in [0.2, 0.25) is 0 Å². The molecule has 78 valence electrons. The van der Waals surface area contributed by atoms with E-state index in [2.05, 4.69) is 12.1 Å². The van der Waals surface area contributed by atoms with Gasteiger partial charge < -0.3 is 4.74 Å². The molecular formula is C12H17ClO. The quantitative estimate of drug-likeness (QED) is 0.535. The van der Waals surface area contributed by atoms with E-state index >= 15 is 0 Å². The first kappa shape index (κ1) is 11.5. The lowest BCUT2D eigenvalue weighted by molar-refractivity contribution is 0.113. The minimum Gasteiger partial charge on any atom is -0.377 e. The van der Waals surface area contributed by atoms with Gasteiger partial charge in [-0.1, -0.05) is 30.3 Å². The number of rotatable bonds is 5. The van der Waals surface area contributed by atoms with Gasteiger partial charge in [0.1, 0.15) is 0 Å². The van der Waals surface area contributed by atoms with Crippen LogP contribution in [0.2, 0.25) is 0 Å². The second-order valence-electron chi connectivity index (χ2n) is 4.01. The summed E-state index contributed by atoms with van der Waals surface area (Å²) < 4.78 is 5.51. The molecule has 0 amide bonds. The van der Waals surface area contributed by atoms with Crippen molar-refractivity contribution < 1.29 is 4.74 Å². The first-order chi connectivity index (χ1) is 6.58. The molecule has 2 heteroatoms. The third kappa shape index (κ3) is 5.25. The van der Waals surface area contributed by atoms with Crippen molar-refractivity contribution in [3.05, 3.63) is 35.9 Å². The van der Waals surface area contributed by atoms with E-state index < -0.39 is 0 Å². The summed E-state index contributed by atoms with van der Waals surface area (Å²) in [6.45, 7) is 5.39. The van der Waals surface area contributed by atoms with Crippen LogP contribution in [0.4, 0.5) is 0 Å². The zero-order valence-electron chi connectivity index (χ0n) is 8.79. The fourth-order valence-corrected chi connectivity index (χ4v) is 1.16. The Kier molecular flexibility index (Phi) is 4.43. The Morgan fingerprint density at radius 2 is 1.86 bits per heavy atom. The normalized spacial score (nSPS) is 11.6. The van der Waals surface area contributed by atoms with Crippen molar-refractivity contribution in [2.45, 2.75) is 31.7 Å². The number of hydrogen-bond donors (Lipinski definition) is 0. The molecule has 1 aromatic rings. The van der Waals surface area contributed by atoms with Gasteiger partial charge in [0.15, 0.2) is 0 Å². The van der Waals surface area contributed by atoms with Crippen molar-refractivity contribution in [3.8, 4) is 0 Å². The highest BCUT2D eigenvalue weighted by Gasteiger charge is 2.11. The highest BCUT2D eigenvalue weighted by Crippen LogP contribution is 2.17. The van der Waals surface area contributed by atoms with E-state index in [0.29, 0.717) is 13.2 Å². The molecule has 0 saturated heterocycles. The van der Waals surface area contributed by atoms with Crippen molar-refractivity contribution >= 4 is 11.6 Å². The van der Waals surface area contributed by atoms with Crippen molar-refractivity contribution in [1.82, 2.24) is 0 Å². The van der Waals surface area contributed by atoms with Crippen LogP contribution in [0.5, 0.6) is 0 Å². The highest BCUT2D eigenvalue weighted by atomic mass is 35.5. The zero-order valence-corrected chi connectivity index (χ0v) is 9.55. The number of ether oxygens (including phenoxy) is 1. The third-order valence-corrected chi connectivity index (χ3v) is 2.14. The van der Waals surface area contributed by atoms with E-state index in [1.165, 1.54) is 5.56 Å². The van der Waals surface area contributed by atoms with Crippen LogP contribution in [0, 0.1) is 0 Å². The van der Waals surface area contributed by atoms with Gasteiger partial charge >= 0.3 is 0 Å². The molecule has 0 aliphatic carbocycles. The van der Waals surface area contributed by atoms with Gasteiger partial charge in [0.25, 0.3) is 0 Å². The molecule has 0 bridgehead atoms. The molecule has 0 aromatic heterocycles. The van der Waals surface area contributed by atoms with Crippen LogP contribution in [0.3, 0.4) is 0 Å². The minimum absolute atomic E-state index is 0.156. The molecular weight excluding hydrogens is 196 g/mol. The molecule has 0 radical (unpaired) electrons. The zero-order chi connectivity index (χ0) is 10.4. The van der Waals surface area contributed by atoms with Gasteiger partial charge in [-0.15, -0.1) is 11.6 Å². The highest BCUT2D eigenvalue weighted by molar-refractivity contribution is 6.23. The monoisotopic (exact) mass is 212 g/mol. The van der Waals surface area contributed by atoms with Gasteiger partial charge in [-0.25, -0.2) is 0 Å². The summed E-state index contributed by atoms with van der Waals surface area (Å²) in [5.41, 5.74) is 1.21. The number of benzene rings is 1. The Bertz CT molecular complexity index is 251. The average molecular weight is 213 g/mol. The predicted octanol–water partition coefficient (Wildman–Crippen LogP) is 3.61.